The lowest BCUT2D eigenvalue weighted by molar-refractivity contribution is -0.128. The van der Waals surface area contributed by atoms with Gasteiger partial charge in [-0.25, -0.2) is 4.39 Å². The number of nitrogens with zero attached hydrogens (tertiary/aromatic N) is 5. The van der Waals surface area contributed by atoms with E-state index < -0.39 is 29.2 Å². The Hall–Kier alpha value is -4.60. The van der Waals surface area contributed by atoms with E-state index in [1.807, 2.05) is 52.0 Å². The van der Waals surface area contributed by atoms with E-state index in [-0.39, 0.29) is 18.0 Å². The zero-order valence-corrected chi connectivity index (χ0v) is 21.6. The third-order valence-electron chi connectivity index (χ3n) is 5.61. The lowest BCUT2D eigenvalue weighted by Gasteiger charge is -2.33. The van der Waals surface area contributed by atoms with Gasteiger partial charge in [-0.1, -0.05) is 48.0 Å². The predicted molar refractivity (Wildman–Crippen MR) is 141 cm³/mol. The van der Waals surface area contributed by atoms with Gasteiger partial charge in [0, 0.05) is 16.8 Å². The molecule has 196 valence electrons. The molecule has 0 fully saturated rings. The summed E-state index contributed by atoms with van der Waals surface area (Å²) in [4.78, 5) is 29.8. The van der Waals surface area contributed by atoms with E-state index in [0.29, 0.717) is 11.4 Å². The Morgan fingerprint density at radius 2 is 1.74 bits per heavy atom. The fourth-order valence-corrected chi connectivity index (χ4v) is 3.90. The number of aromatic nitrogens is 4. The Bertz CT molecular complexity index is 1430. The van der Waals surface area contributed by atoms with Gasteiger partial charge in [-0.2, -0.15) is 4.80 Å². The number of aromatic hydroxyl groups is 1. The number of phenols is 1. The smallest absolute Gasteiger partial charge is 0.251 e. The molecule has 9 nitrogen and oxygen atoms in total. The first-order valence-electron chi connectivity index (χ1n) is 12.0. The normalized spacial score (nSPS) is 12.1. The molecule has 4 rings (SSSR count). The highest BCUT2D eigenvalue weighted by Crippen LogP contribution is 2.30. The molecule has 1 unspecified atom stereocenters. The van der Waals surface area contributed by atoms with Gasteiger partial charge in [-0.3, -0.25) is 14.5 Å². The summed E-state index contributed by atoms with van der Waals surface area (Å²) in [6, 6.07) is 17.8. The molecule has 2 amide bonds. The van der Waals surface area contributed by atoms with E-state index in [4.69, 9.17) is 0 Å². The van der Waals surface area contributed by atoms with E-state index in [1.54, 1.807) is 18.2 Å². The minimum absolute atomic E-state index is 0.00260. The number of nitrogens with one attached hydrogen (secondary N) is 1. The maximum Gasteiger partial charge on any atom is 0.251 e. The number of hydrogen-bond acceptors (Lipinski definition) is 6. The van der Waals surface area contributed by atoms with Crippen molar-refractivity contribution in [3.05, 3.63) is 89.7 Å². The minimum Gasteiger partial charge on any atom is -0.508 e. The SMILES string of the molecule is Cc1ccc(-c2nnn(CC(=O)N(c3cccc(F)c3)C(C(=O)NC(C)(C)C)c3ccc(O)cc3)n2)cc1. The molecule has 0 spiro atoms. The number of carbonyl (C=O) groups is 2. The number of tetrazole rings is 1. The van der Waals surface area contributed by atoms with Gasteiger partial charge in [-0.05, 0) is 68.8 Å². The molecular weight excluding hydrogens is 487 g/mol. The number of halogens is 1. The van der Waals surface area contributed by atoms with Crippen LogP contribution in [0.5, 0.6) is 5.75 Å². The van der Waals surface area contributed by atoms with E-state index in [9.17, 15) is 19.1 Å². The van der Waals surface area contributed by atoms with Crippen molar-refractivity contribution in [3.8, 4) is 17.1 Å². The van der Waals surface area contributed by atoms with Crippen LogP contribution in [0.15, 0.2) is 72.8 Å². The van der Waals surface area contributed by atoms with Gasteiger partial charge < -0.3 is 10.4 Å². The summed E-state index contributed by atoms with van der Waals surface area (Å²) >= 11 is 0. The Kier molecular flexibility index (Phi) is 7.52. The monoisotopic (exact) mass is 516 g/mol. The lowest BCUT2D eigenvalue weighted by Crippen LogP contribution is -2.50. The van der Waals surface area contributed by atoms with Crippen LogP contribution in [0, 0.1) is 12.7 Å². The summed E-state index contributed by atoms with van der Waals surface area (Å²) < 4.78 is 14.3. The van der Waals surface area contributed by atoms with Crippen molar-refractivity contribution in [3.63, 3.8) is 0 Å². The van der Waals surface area contributed by atoms with Gasteiger partial charge in [-0.15, -0.1) is 10.2 Å². The van der Waals surface area contributed by atoms with Crippen molar-refractivity contribution in [1.82, 2.24) is 25.5 Å². The Balaban J connectivity index is 1.74. The summed E-state index contributed by atoms with van der Waals surface area (Å²) in [7, 11) is 0. The van der Waals surface area contributed by atoms with Crippen LogP contribution in [-0.2, 0) is 16.1 Å². The van der Waals surface area contributed by atoms with E-state index in [0.717, 1.165) is 15.9 Å². The molecule has 0 aliphatic carbocycles. The van der Waals surface area contributed by atoms with Crippen LogP contribution in [-0.4, -0.2) is 42.7 Å². The Morgan fingerprint density at radius 3 is 2.37 bits per heavy atom. The van der Waals surface area contributed by atoms with Crippen LogP contribution < -0.4 is 10.2 Å². The number of aryl methyl sites for hydroxylation is 1. The summed E-state index contributed by atoms with van der Waals surface area (Å²) in [6.07, 6.45) is 0. The highest BCUT2D eigenvalue weighted by molar-refractivity contribution is 6.01. The first-order chi connectivity index (χ1) is 18.0. The molecule has 1 aromatic heterocycles. The van der Waals surface area contributed by atoms with Crippen LogP contribution >= 0.6 is 0 Å². The topological polar surface area (TPSA) is 113 Å². The van der Waals surface area contributed by atoms with E-state index >= 15 is 0 Å². The molecular formula is C28H29FN6O3. The summed E-state index contributed by atoms with van der Waals surface area (Å²) in [6.45, 7) is 7.07. The molecule has 4 aromatic rings. The number of carbonyl (C=O) groups excluding carboxylic acids is 2. The molecule has 1 heterocycles. The molecule has 3 aromatic carbocycles. The van der Waals surface area contributed by atoms with E-state index in [1.165, 1.54) is 35.2 Å². The molecule has 0 aliphatic rings. The van der Waals surface area contributed by atoms with Crippen molar-refractivity contribution in [1.29, 1.82) is 0 Å². The molecule has 1 atom stereocenters. The number of rotatable bonds is 7. The summed E-state index contributed by atoms with van der Waals surface area (Å²) in [5, 5.41) is 25.1. The van der Waals surface area contributed by atoms with Crippen molar-refractivity contribution in [2.45, 2.75) is 45.8 Å². The molecule has 0 bridgehead atoms. The number of anilines is 1. The van der Waals surface area contributed by atoms with Gasteiger partial charge >= 0.3 is 0 Å². The summed E-state index contributed by atoms with van der Waals surface area (Å²) in [5.41, 5.74) is 1.81. The first kappa shape index (κ1) is 26.5. The lowest BCUT2D eigenvalue weighted by atomic mass is 10.0. The van der Waals surface area contributed by atoms with Crippen molar-refractivity contribution in [2.24, 2.45) is 0 Å². The fraction of sp³-hybridized carbons (Fsp3) is 0.250. The zero-order chi connectivity index (χ0) is 27.4. The Morgan fingerprint density at radius 1 is 1.05 bits per heavy atom. The Labute approximate surface area is 219 Å². The highest BCUT2D eigenvalue weighted by Gasteiger charge is 2.35. The van der Waals surface area contributed by atoms with Crippen molar-refractivity contribution < 1.29 is 19.1 Å². The molecule has 0 radical (unpaired) electrons. The van der Waals surface area contributed by atoms with Gasteiger partial charge in [0.15, 0.2) is 0 Å². The maximum atomic E-state index is 14.3. The van der Waals surface area contributed by atoms with Crippen LogP contribution in [0.4, 0.5) is 10.1 Å². The van der Waals surface area contributed by atoms with Crippen LogP contribution in [0.1, 0.15) is 37.9 Å². The molecule has 0 saturated heterocycles. The molecule has 2 N–H and O–H groups in total. The average molecular weight is 517 g/mol. The number of hydrogen-bond donors (Lipinski definition) is 2. The zero-order valence-electron chi connectivity index (χ0n) is 21.6. The fourth-order valence-electron chi connectivity index (χ4n) is 3.90. The van der Waals surface area contributed by atoms with Gasteiger partial charge in [0.05, 0.1) is 0 Å². The second kappa shape index (κ2) is 10.8. The molecule has 38 heavy (non-hydrogen) atoms. The highest BCUT2D eigenvalue weighted by atomic mass is 19.1. The third-order valence-corrected chi connectivity index (χ3v) is 5.61. The second-order valence-electron chi connectivity index (χ2n) is 9.99. The molecule has 10 heteroatoms. The van der Waals surface area contributed by atoms with Crippen molar-refractivity contribution >= 4 is 17.5 Å². The molecule has 0 saturated carbocycles. The number of amides is 2. The van der Waals surface area contributed by atoms with Gasteiger partial charge in [0.2, 0.25) is 11.7 Å². The van der Waals surface area contributed by atoms with Crippen LogP contribution in [0.25, 0.3) is 11.4 Å². The van der Waals surface area contributed by atoms with E-state index in [2.05, 4.69) is 20.7 Å². The third kappa shape index (κ3) is 6.39. The largest absolute Gasteiger partial charge is 0.508 e. The van der Waals surface area contributed by atoms with Crippen LogP contribution in [0.2, 0.25) is 0 Å². The molecule has 0 aliphatic heterocycles. The minimum atomic E-state index is -1.18. The van der Waals surface area contributed by atoms with Crippen molar-refractivity contribution in [2.75, 3.05) is 4.90 Å². The number of benzene rings is 3. The van der Waals surface area contributed by atoms with Gasteiger partial charge in [0.1, 0.15) is 24.2 Å². The van der Waals surface area contributed by atoms with Crippen LogP contribution in [0.3, 0.4) is 0 Å². The number of phenolic OH excluding ortho intramolecular Hbond substituents is 1. The quantitative estimate of drug-likeness (QED) is 0.381. The predicted octanol–water partition coefficient (Wildman–Crippen LogP) is 4.18. The first-order valence-corrected chi connectivity index (χ1v) is 12.0. The average Bonchev–Trinajstić information content (AvgIpc) is 3.30. The van der Waals surface area contributed by atoms with Gasteiger partial charge in [0.25, 0.3) is 5.91 Å². The second-order valence-corrected chi connectivity index (χ2v) is 9.99. The summed E-state index contributed by atoms with van der Waals surface area (Å²) in [5.74, 6) is -1.27. The maximum absolute atomic E-state index is 14.3. The standard InChI is InChI=1S/C28H29FN6O3/c1-18-8-10-20(11-9-18)26-31-33-34(32-26)17-24(37)35(22-7-5-6-21(29)16-22)25(27(38)30-28(2,3)4)19-12-14-23(36)15-13-19/h5-16,25,36H,17H2,1-4H3,(H,30,38).